The van der Waals surface area contributed by atoms with Crippen LogP contribution >= 0.6 is 0 Å². The van der Waals surface area contributed by atoms with Crippen LogP contribution in [0.5, 0.6) is 0 Å². The molecule has 0 saturated carbocycles. The third-order valence-electron chi connectivity index (χ3n) is 18.2. The molecule has 24 atom stereocenters. The minimum Gasteiger partial charge on any atom is -0.394 e. The van der Waals surface area contributed by atoms with Gasteiger partial charge < -0.3 is 77.3 Å². The summed E-state index contributed by atoms with van der Waals surface area (Å²) in [5.41, 5.74) is -1.57. The summed E-state index contributed by atoms with van der Waals surface area (Å²) in [6.45, 7) is 50.4. The normalized spacial score (nSPS) is 43.5. The van der Waals surface area contributed by atoms with Crippen LogP contribution in [0.1, 0.15) is 151 Å². The van der Waals surface area contributed by atoms with Crippen molar-refractivity contribution in [2.75, 3.05) is 19.8 Å². The number of aliphatic hydroxyl groups excluding tert-OH is 3. The topological polar surface area (TPSA) is 161 Å². The van der Waals surface area contributed by atoms with Gasteiger partial charge >= 0.3 is 0 Å². The van der Waals surface area contributed by atoms with Gasteiger partial charge in [0.2, 0.25) is 24.2 Å². The van der Waals surface area contributed by atoms with Crippen molar-refractivity contribution >= 4 is 0 Å². The van der Waals surface area contributed by atoms with E-state index in [1.807, 2.05) is 39.8 Å². The van der Waals surface area contributed by atoms with Crippen LogP contribution in [-0.4, -0.2) is 167 Å². The van der Waals surface area contributed by atoms with Gasteiger partial charge in [-0.3, -0.25) is 0 Å². The Morgan fingerprint density at radius 3 is 1.70 bits per heavy atom. The smallest absolute Gasteiger partial charge is 0.223 e. The van der Waals surface area contributed by atoms with Crippen LogP contribution in [0.3, 0.4) is 0 Å². The quantitative estimate of drug-likeness (QED) is 0.112. The molecular weight excluding hydrogens is 969 g/mol. The maximum absolute atomic E-state index is 9.72. The van der Waals surface area contributed by atoms with E-state index in [1.54, 1.807) is 0 Å². The third kappa shape index (κ3) is 13.6. The van der Waals surface area contributed by atoms with E-state index in [9.17, 15) is 10.2 Å². The predicted molar refractivity (Wildman–Crippen MR) is 287 cm³/mol. The maximum Gasteiger partial charge on any atom is 0.223 e. The van der Waals surface area contributed by atoms with Crippen molar-refractivity contribution in [3.63, 3.8) is 0 Å². The summed E-state index contributed by atoms with van der Waals surface area (Å²) in [4.78, 5) is 14.2. The Balaban J connectivity index is 0.000000148. The molecule has 422 valence electrons. The van der Waals surface area contributed by atoms with Gasteiger partial charge in [-0.2, -0.15) is 0 Å². The van der Waals surface area contributed by atoms with Gasteiger partial charge in [0.05, 0.1) is 99.2 Å². The molecule has 0 aromatic heterocycles. The van der Waals surface area contributed by atoms with Gasteiger partial charge in [-0.15, -0.1) is 13.2 Å². The van der Waals surface area contributed by atoms with Crippen LogP contribution in [0, 0.1) is 38.1 Å². The molecule has 0 amide bonds. The van der Waals surface area contributed by atoms with Crippen molar-refractivity contribution in [3.05, 3.63) is 83.1 Å². The minimum atomic E-state index is -0.951. The first kappa shape index (κ1) is 60.3. The number of hydrogen-bond donors (Lipinski definition) is 3. The highest BCUT2D eigenvalue weighted by Gasteiger charge is 2.59. The number of hydrogen-bond acceptors (Lipinski definition) is 12. The Morgan fingerprint density at radius 2 is 1.13 bits per heavy atom. The van der Waals surface area contributed by atoms with E-state index in [0.717, 1.165) is 89.9 Å². The van der Waals surface area contributed by atoms with Crippen LogP contribution in [-0.2, 0) is 42.6 Å². The monoisotopic (exact) mass is 1060 g/mol. The van der Waals surface area contributed by atoms with Crippen LogP contribution in [0.4, 0.5) is 0 Å². The number of aliphatic hydroxyl groups is 3. The van der Waals surface area contributed by atoms with Crippen LogP contribution in [0.2, 0.25) is 0 Å². The lowest BCUT2D eigenvalue weighted by Gasteiger charge is -2.43. The zero-order valence-corrected chi connectivity index (χ0v) is 46.5. The first-order valence-electron chi connectivity index (χ1n) is 28.6. The van der Waals surface area contributed by atoms with E-state index in [-0.39, 0.29) is 121 Å². The molecule has 4 bridgehead atoms. The van der Waals surface area contributed by atoms with Gasteiger partial charge in [0.1, 0.15) is 28.5 Å². The van der Waals surface area contributed by atoms with Crippen molar-refractivity contribution in [2.24, 2.45) is 11.8 Å². The Kier molecular flexibility index (Phi) is 20.9. The van der Waals surface area contributed by atoms with E-state index in [2.05, 4.69) is 65.5 Å². The zero-order chi connectivity index (χ0) is 55.0. The fourth-order valence-electron chi connectivity index (χ4n) is 13.5. The van der Waals surface area contributed by atoms with Gasteiger partial charge in [-0.05, 0) is 58.3 Å². The molecule has 3 N–H and O–H groups in total. The van der Waals surface area contributed by atoms with E-state index >= 15 is 0 Å². The summed E-state index contributed by atoms with van der Waals surface area (Å²) < 4.78 is 54.9. The number of ether oxygens (including phenoxy) is 9. The van der Waals surface area contributed by atoms with Gasteiger partial charge in [-0.25, -0.2) is 26.3 Å². The third-order valence-corrected chi connectivity index (χ3v) is 18.2. The highest BCUT2D eigenvalue weighted by molar-refractivity contribution is 5.20. The van der Waals surface area contributed by atoms with E-state index in [0.29, 0.717) is 37.4 Å². The van der Waals surface area contributed by atoms with Gasteiger partial charge in [0.15, 0.2) is 0 Å². The second-order valence-corrected chi connectivity index (χ2v) is 24.1. The SMILES string of the molecule is [C-]#[N+][C@H](C)C[C@H]1CC[C@@H]2O[C@@H]([C@H](C)C=C)C[C@]2(C=C)O1.[C-]#[N+][C@H](C)C[C@H]1CC[C@@H]2O[C@@H]([C@H](O)CO)C[C@]2(CO)O1.[C-]#[N+][C@H](C)C[C@H]1CC[C@@H]2O[C@@H]3C[C@]2(C=CC3C)O1.[C-]#[N+][C@H](C)C[C@H]1CC[C@@H]2O[C@@H]3C[C@]2(COC3C)O1. The first-order valence-corrected chi connectivity index (χ1v) is 28.6. The summed E-state index contributed by atoms with van der Waals surface area (Å²) in [5, 5.41) is 28.5. The molecule has 2 spiro atoms. The molecular formula is C60H90N4O12. The van der Waals surface area contributed by atoms with Gasteiger partial charge in [-0.1, -0.05) is 38.2 Å². The molecule has 76 heavy (non-hydrogen) atoms. The highest BCUT2D eigenvalue weighted by atomic mass is 16.6. The van der Waals surface area contributed by atoms with Crippen LogP contribution in [0.15, 0.2) is 37.5 Å². The Morgan fingerprint density at radius 1 is 0.605 bits per heavy atom. The molecule has 2 unspecified atom stereocenters. The number of fused-ring (bicyclic) bond motifs is 4. The van der Waals surface area contributed by atoms with Crippen molar-refractivity contribution in [3.8, 4) is 0 Å². The molecule has 9 fully saturated rings. The second kappa shape index (κ2) is 26.3. The minimum absolute atomic E-state index is 0.0173. The summed E-state index contributed by atoms with van der Waals surface area (Å²) in [6, 6.07) is 0.0224. The fraction of sp³-hybridized carbons (Fsp3) is 0.833. The molecule has 9 aliphatic heterocycles. The highest BCUT2D eigenvalue weighted by Crippen LogP contribution is 2.50. The van der Waals surface area contributed by atoms with Crippen LogP contribution < -0.4 is 0 Å². The maximum atomic E-state index is 9.72. The molecule has 0 aromatic rings. The number of rotatable bonds is 14. The molecule has 10 aliphatic rings. The summed E-state index contributed by atoms with van der Waals surface area (Å²) in [7, 11) is 0. The first-order chi connectivity index (χ1) is 36.3. The standard InChI is InChI=1S/C17H25NO2.C15H21NO2.C14H23NO5.C14H21NO3/c1-6-12(3)15-11-17(7-2)16(19-15)9-8-14(20-17)10-13(4)18-5;1-10-6-7-15-9-13(10)17-14(15)5-4-12(18-15)8-11(2)16-3;1-9(15-2)5-10-3-4-13-14(8-17,20-10)6-12(19-13)11(18)7-16;1-9(15-3)6-11-4-5-13-14(18-11)7-12(17-13)10(2)16-8-14/h6-7,12-16H,1-2,8-11H2,3-4H3;6-7,10-14H,4-5,8-9H2,1-2H3;9-13,16-18H,3-8H2,1H3;9-13H,4-8H2,1-2H3/t12-,13-,14-,15-,16+,17+;10?,11-,12-,13-,14+,15+;9-,10-,11-,12-,13+,14-;9-,10?,11-,12-,13+,14-/m1111/s1. The molecule has 0 radical (unpaired) electrons. The molecule has 1 aliphatic carbocycles. The summed E-state index contributed by atoms with van der Waals surface area (Å²) in [5.74, 6) is 0.826. The lowest BCUT2D eigenvalue weighted by molar-refractivity contribution is -0.190. The number of nitrogens with zero attached hydrogens (tertiary/aromatic N) is 4. The molecule has 9 heterocycles. The van der Waals surface area contributed by atoms with Crippen molar-refractivity contribution in [2.45, 2.75) is 283 Å². The Bertz CT molecular complexity index is 2140. The lowest BCUT2D eigenvalue weighted by Crippen LogP contribution is -2.53. The Labute approximate surface area is 454 Å². The molecule has 10 rings (SSSR count). The van der Waals surface area contributed by atoms with Crippen molar-refractivity contribution in [1.82, 2.24) is 0 Å². The van der Waals surface area contributed by atoms with Crippen LogP contribution in [0.25, 0.3) is 19.4 Å². The molecule has 9 saturated heterocycles. The van der Waals surface area contributed by atoms with E-state index < -0.39 is 17.8 Å². The Hall–Kier alpha value is -3.30. The second-order valence-electron chi connectivity index (χ2n) is 24.1. The zero-order valence-electron chi connectivity index (χ0n) is 46.5. The van der Waals surface area contributed by atoms with E-state index in [4.69, 9.17) is 74.0 Å². The molecule has 16 heteroatoms. The fourth-order valence-corrected chi connectivity index (χ4v) is 13.5. The average molecular weight is 1060 g/mol. The summed E-state index contributed by atoms with van der Waals surface area (Å²) in [6.07, 6.45) is 22.5. The van der Waals surface area contributed by atoms with Gasteiger partial charge in [0, 0.05) is 90.9 Å². The summed E-state index contributed by atoms with van der Waals surface area (Å²) >= 11 is 0. The van der Waals surface area contributed by atoms with Gasteiger partial charge in [0.25, 0.3) is 0 Å². The largest absolute Gasteiger partial charge is 0.394 e. The predicted octanol–water partition coefficient (Wildman–Crippen LogP) is 9.02. The van der Waals surface area contributed by atoms with Crippen molar-refractivity contribution in [1.29, 1.82) is 0 Å². The molecule has 16 nitrogen and oxygen atoms in total. The lowest BCUT2D eigenvalue weighted by atomic mass is 9.80. The average Bonchev–Trinajstić information content (AvgIpc) is 4.20. The van der Waals surface area contributed by atoms with E-state index in [1.165, 1.54) is 0 Å². The van der Waals surface area contributed by atoms with Crippen molar-refractivity contribution < 1.29 is 58.0 Å². The molecule has 0 aromatic carbocycles.